The van der Waals surface area contributed by atoms with Gasteiger partial charge in [-0.3, -0.25) is 4.90 Å². The van der Waals surface area contributed by atoms with Crippen LogP contribution in [0.2, 0.25) is 0 Å². The molecule has 1 aliphatic heterocycles. The molecule has 0 spiro atoms. The first kappa shape index (κ1) is 21.6. The maximum atomic E-state index is 15.3. The monoisotopic (exact) mass is 448 g/mol. The van der Waals surface area contributed by atoms with Gasteiger partial charge in [-0.15, -0.1) is 0 Å². The van der Waals surface area contributed by atoms with Crippen LogP contribution < -0.4 is 0 Å². The quantitative estimate of drug-likeness (QED) is 0.406. The molecule has 170 valence electrons. The van der Waals surface area contributed by atoms with Gasteiger partial charge in [-0.25, -0.2) is 13.5 Å². The molecule has 5 rings (SSSR count). The number of likely N-dealkylation sites (N-methyl/N-ethyl adjacent to an activating group) is 2. The molecule has 1 atom stereocenters. The number of rotatable bonds is 6. The van der Waals surface area contributed by atoms with Crippen LogP contribution in [0.4, 0.5) is 8.78 Å². The lowest BCUT2D eigenvalue weighted by Gasteiger charge is -2.24. The zero-order valence-corrected chi connectivity index (χ0v) is 18.7. The van der Waals surface area contributed by atoms with Crippen LogP contribution in [0.25, 0.3) is 28.3 Å². The fourth-order valence-electron chi connectivity index (χ4n) is 4.53. The summed E-state index contributed by atoms with van der Waals surface area (Å²) in [6.45, 7) is 2.80. The van der Waals surface area contributed by atoms with Crippen LogP contribution in [0.15, 0.2) is 71.5 Å². The summed E-state index contributed by atoms with van der Waals surface area (Å²) in [5.41, 5.74) is 3.48. The van der Waals surface area contributed by atoms with E-state index < -0.39 is 5.82 Å². The van der Waals surface area contributed by atoms with Crippen LogP contribution >= 0.6 is 0 Å². The molecule has 0 aliphatic carbocycles. The summed E-state index contributed by atoms with van der Waals surface area (Å²) >= 11 is 0. The van der Waals surface area contributed by atoms with Gasteiger partial charge in [0.15, 0.2) is 5.76 Å². The third-order valence-electron chi connectivity index (χ3n) is 6.36. The summed E-state index contributed by atoms with van der Waals surface area (Å²) in [6, 6.07) is 15.1. The molecular weight excluding hydrogens is 422 g/mol. The lowest BCUT2D eigenvalue weighted by molar-refractivity contribution is 0.234. The first-order chi connectivity index (χ1) is 16.0. The Bertz CT molecular complexity index is 1230. The molecule has 2 aromatic heterocycles. The third-order valence-corrected chi connectivity index (χ3v) is 6.36. The lowest BCUT2D eigenvalue weighted by Crippen LogP contribution is -2.33. The molecule has 1 saturated heterocycles. The van der Waals surface area contributed by atoms with E-state index in [-0.39, 0.29) is 5.82 Å². The highest BCUT2D eigenvalue weighted by Gasteiger charge is 2.26. The summed E-state index contributed by atoms with van der Waals surface area (Å²) < 4.78 is 35.9. The van der Waals surface area contributed by atoms with Crippen LogP contribution in [0.5, 0.6) is 0 Å². The van der Waals surface area contributed by atoms with Crippen molar-refractivity contribution in [1.82, 2.24) is 19.6 Å². The van der Waals surface area contributed by atoms with E-state index in [9.17, 15) is 4.39 Å². The van der Waals surface area contributed by atoms with Gasteiger partial charge in [0.25, 0.3) is 0 Å². The summed E-state index contributed by atoms with van der Waals surface area (Å²) in [7, 11) is 4.25. The number of hydrogen-bond acceptors (Lipinski definition) is 4. The van der Waals surface area contributed by atoms with Crippen LogP contribution in [0.1, 0.15) is 12.0 Å². The zero-order chi connectivity index (χ0) is 22.9. The molecule has 7 heteroatoms. The molecule has 1 aliphatic rings. The Balaban J connectivity index is 1.50. The average Bonchev–Trinajstić information content (AvgIpc) is 3.55. The van der Waals surface area contributed by atoms with Gasteiger partial charge in [0.2, 0.25) is 0 Å². The predicted octanol–water partition coefficient (Wildman–Crippen LogP) is 5.21. The number of hydrogen-bond donors (Lipinski definition) is 0. The van der Waals surface area contributed by atoms with Crippen molar-refractivity contribution in [2.24, 2.45) is 0 Å². The zero-order valence-electron chi connectivity index (χ0n) is 18.7. The molecule has 5 nitrogen and oxygen atoms in total. The van der Waals surface area contributed by atoms with Gasteiger partial charge >= 0.3 is 0 Å². The Hall–Kier alpha value is -3.29. The Morgan fingerprint density at radius 2 is 1.88 bits per heavy atom. The van der Waals surface area contributed by atoms with Crippen molar-refractivity contribution in [3.05, 3.63) is 84.3 Å². The van der Waals surface area contributed by atoms with Crippen molar-refractivity contribution < 1.29 is 13.2 Å². The summed E-state index contributed by atoms with van der Waals surface area (Å²) in [5.74, 6) is -0.0938. The minimum Gasteiger partial charge on any atom is -0.463 e. The molecule has 4 aromatic rings. The Morgan fingerprint density at radius 1 is 1.09 bits per heavy atom. The summed E-state index contributed by atoms with van der Waals surface area (Å²) in [4.78, 5) is 4.65. The van der Waals surface area contributed by atoms with Crippen LogP contribution in [0.3, 0.4) is 0 Å². The van der Waals surface area contributed by atoms with Crippen LogP contribution in [-0.4, -0.2) is 52.8 Å². The SMILES string of the molecule is CN1CCC(N(C)Cc2cnn(-c3ccc(-c4ccc(F)cc4)cc3F)c2-c2ccco2)C1. The van der Waals surface area contributed by atoms with Crippen LogP contribution in [0, 0.1) is 11.6 Å². The van der Waals surface area contributed by atoms with E-state index in [0.29, 0.717) is 29.6 Å². The number of benzene rings is 2. The standard InChI is InChI=1S/C26H26F2N4O/c1-30-12-11-22(17-30)31(2)16-20-15-29-32(26(20)25-4-3-13-33-25)24-10-7-19(14-23(24)28)18-5-8-21(27)9-6-18/h3-10,13-15,22H,11-12,16-17H2,1-2H3. The molecule has 33 heavy (non-hydrogen) atoms. The van der Waals surface area contributed by atoms with E-state index in [1.54, 1.807) is 35.3 Å². The second-order valence-electron chi connectivity index (χ2n) is 8.70. The van der Waals surface area contributed by atoms with Gasteiger partial charge in [0.05, 0.1) is 12.5 Å². The topological polar surface area (TPSA) is 37.4 Å². The largest absolute Gasteiger partial charge is 0.463 e. The number of likely N-dealkylation sites (tertiary alicyclic amines) is 1. The van der Waals surface area contributed by atoms with E-state index in [0.717, 1.165) is 36.3 Å². The molecule has 0 bridgehead atoms. The number of aromatic nitrogens is 2. The molecular formula is C26H26F2N4O. The van der Waals surface area contributed by atoms with E-state index in [4.69, 9.17) is 4.42 Å². The molecule has 1 fully saturated rings. The van der Waals surface area contributed by atoms with Crippen molar-refractivity contribution in [3.63, 3.8) is 0 Å². The molecule has 0 amide bonds. The third kappa shape index (κ3) is 4.34. The van der Waals surface area contributed by atoms with Gasteiger partial charge in [-0.2, -0.15) is 5.10 Å². The molecule has 2 aromatic carbocycles. The van der Waals surface area contributed by atoms with E-state index in [1.165, 1.54) is 18.2 Å². The van der Waals surface area contributed by atoms with Crippen molar-refractivity contribution in [3.8, 4) is 28.3 Å². The normalized spacial score (nSPS) is 16.7. The molecule has 0 saturated carbocycles. The minimum atomic E-state index is -0.412. The maximum absolute atomic E-state index is 15.3. The smallest absolute Gasteiger partial charge is 0.152 e. The summed E-state index contributed by atoms with van der Waals surface area (Å²) in [6.07, 6.45) is 4.52. The maximum Gasteiger partial charge on any atom is 0.152 e. The molecule has 0 radical (unpaired) electrons. The highest BCUT2D eigenvalue weighted by molar-refractivity contribution is 5.66. The second-order valence-corrected chi connectivity index (χ2v) is 8.70. The highest BCUT2D eigenvalue weighted by Crippen LogP contribution is 2.31. The number of furan rings is 1. The fraction of sp³-hybridized carbons (Fsp3) is 0.269. The highest BCUT2D eigenvalue weighted by atomic mass is 19.1. The summed E-state index contributed by atoms with van der Waals surface area (Å²) in [5, 5.41) is 4.54. The lowest BCUT2D eigenvalue weighted by atomic mass is 10.0. The number of nitrogens with zero attached hydrogens (tertiary/aromatic N) is 4. The van der Waals surface area contributed by atoms with Crippen molar-refractivity contribution in [2.75, 3.05) is 27.2 Å². The van der Waals surface area contributed by atoms with E-state index >= 15 is 4.39 Å². The molecule has 1 unspecified atom stereocenters. The second kappa shape index (κ2) is 8.92. The van der Waals surface area contributed by atoms with Crippen molar-refractivity contribution >= 4 is 0 Å². The van der Waals surface area contributed by atoms with Crippen LogP contribution in [-0.2, 0) is 6.54 Å². The fourth-order valence-corrected chi connectivity index (χ4v) is 4.53. The van der Waals surface area contributed by atoms with Gasteiger partial charge in [-0.05, 0) is 74.6 Å². The molecule has 0 N–H and O–H groups in total. The van der Waals surface area contributed by atoms with E-state index in [2.05, 4.69) is 29.0 Å². The van der Waals surface area contributed by atoms with Gasteiger partial charge in [0.1, 0.15) is 23.0 Å². The minimum absolute atomic E-state index is 0.322. The first-order valence-electron chi connectivity index (χ1n) is 11.0. The Labute approximate surface area is 191 Å². The van der Waals surface area contributed by atoms with Gasteiger partial charge in [0, 0.05) is 24.7 Å². The van der Waals surface area contributed by atoms with Crippen molar-refractivity contribution in [1.29, 1.82) is 0 Å². The average molecular weight is 449 g/mol. The Morgan fingerprint density at radius 3 is 2.55 bits per heavy atom. The van der Waals surface area contributed by atoms with E-state index in [1.807, 2.05) is 18.2 Å². The van der Waals surface area contributed by atoms with Gasteiger partial charge < -0.3 is 9.32 Å². The van der Waals surface area contributed by atoms with Gasteiger partial charge in [-0.1, -0.05) is 18.2 Å². The van der Waals surface area contributed by atoms with Crippen molar-refractivity contribution in [2.45, 2.75) is 19.0 Å². The number of halogens is 2. The Kier molecular flexibility index (Phi) is 5.83. The predicted molar refractivity (Wildman–Crippen MR) is 124 cm³/mol. The molecule has 3 heterocycles. The first-order valence-corrected chi connectivity index (χ1v) is 11.0.